The quantitative estimate of drug-likeness (QED) is 0.332. The third kappa shape index (κ3) is 8.14. The summed E-state index contributed by atoms with van der Waals surface area (Å²) in [5.74, 6) is 0.574. The highest BCUT2D eigenvalue weighted by molar-refractivity contribution is 5.64. The maximum absolute atomic E-state index is 12.2. The molecule has 1 heterocycles. The Morgan fingerprint density at radius 3 is 2.12 bits per heavy atom. The predicted molar refractivity (Wildman–Crippen MR) is 120 cm³/mol. The van der Waals surface area contributed by atoms with Crippen LogP contribution in [0.2, 0.25) is 0 Å². The molecule has 6 heteroatoms. The average Bonchev–Trinajstić information content (AvgIpc) is 2.80. The molecule has 1 aliphatic heterocycles. The van der Waals surface area contributed by atoms with E-state index in [0.29, 0.717) is 19.0 Å². The lowest BCUT2D eigenvalue weighted by Crippen LogP contribution is -2.31. The van der Waals surface area contributed by atoms with E-state index in [9.17, 15) is 13.2 Å². The minimum absolute atomic E-state index is 0.0385. The molecule has 3 nitrogen and oxygen atoms in total. The zero-order valence-electron chi connectivity index (χ0n) is 18.7. The molecule has 1 aliphatic rings. The molecular weight excluding hydrogens is 417 g/mol. The van der Waals surface area contributed by atoms with Crippen molar-refractivity contribution in [3.8, 4) is 16.9 Å². The topological polar surface area (TPSA) is 27.7 Å². The van der Waals surface area contributed by atoms with Crippen molar-refractivity contribution in [1.82, 2.24) is 0 Å². The lowest BCUT2D eigenvalue weighted by Gasteiger charge is -2.30. The van der Waals surface area contributed by atoms with E-state index in [2.05, 4.69) is 31.2 Å². The summed E-state index contributed by atoms with van der Waals surface area (Å²) in [5.41, 5.74) is 3.18. The first-order chi connectivity index (χ1) is 15.4. The van der Waals surface area contributed by atoms with Gasteiger partial charge < -0.3 is 14.2 Å². The van der Waals surface area contributed by atoms with Gasteiger partial charge in [-0.3, -0.25) is 0 Å². The second-order valence-corrected chi connectivity index (χ2v) is 8.34. The van der Waals surface area contributed by atoms with Crippen molar-refractivity contribution >= 4 is 0 Å². The maximum Gasteiger partial charge on any atom is 0.389 e. The molecule has 3 rings (SSSR count). The van der Waals surface area contributed by atoms with Gasteiger partial charge in [0.2, 0.25) is 0 Å². The van der Waals surface area contributed by atoms with Crippen LogP contribution in [-0.4, -0.2) is 32.1 Å². The fraction of sp³-hybridized carbons (Fsp3) is 0.538. The summed E-state index contributed by atoms with van der Waals surface area (Å²) in [5, 5.41) is 0. The molecule has 2 aromatic carbocycles. The number of rotatable bonds is 11. The van der Waals surface area contributed by atoms with Crippen LogP contribution in [0.15, 0.2) is 48.5 Å². The molecule has 32 heavy (non-hydrogen) atoms. The van der Waals surface area contributed by atoms with Crippen LogP contribution in [0, 0.1) is 0 Å². The summed E-state index contributed by atoms with van der Waals surface area (Å²) >= 11 is 0. The van der Waals surface area contributed by atoms with Gasteiger partial charge in [-0.1, -0.05) is 69.0 Å². The Balaban J connectivity index is 1.44. The van der Waals surface area contributed by atoms with Crippen molar-refractivity contribution in [2.24, 2.45) is 0 Å². The molecule has 0 amide bonds. The van der Waals surface area contributed by atoms with Gasteiger partial charge in [-0.15, -0.1) is 0 Å². The third-order valence-electron chi connectivity index (χ3n) is 5.69. The standard InChI is InChI=1S/C26H33F3O3/c1-2-3-4-5-7-24-18-32-25(19-31-24)22-10-8-20(9-11-22)21-12-14-23(15-13-21)30-17-6-16-26(27,28)29/h8-15,24-25H,2-7,16-19H2,1H3/t24-,25-/m1/s1. The second-order valence-electron chi connectivity index (χ2n) is 8.34. The Hall–Kier alpha value is -2.05. The van der Waals surface area contributed by atoms with Crippen molar-refractivity contribution in [3.63, 3.8) is 0 Å². The Bertz CT molecular complexity index is 779. The van der Waals surface area contributed by atoms with Gasteiger partial charge in [-0.25, -0.2) is 0 Å². The zero-order valence-corrected chi connectivity index (χ0v) is 18.7. The number of ether oxygens (including phenoxy) is 3. The molecule has 0 unspecified atom stereocenters. The highest BCUT2D eigenvalue weighted by atomic mass is 19.4. The Morgan fingerprint density at radius 1 is 0.844 bits per heavy atom. The largest absolute Gasteiger partial charge is 0.494 e. The molecule has 2 atom stereocenters. The minimum Gasteiger partial charge on any atom is -0.494 e. The van der Waals surface area contributed by atoms with Crippen LogP contribution in [0.1, 0.15) is 63.5 Å². The Kier molecular flexibility index (Phi) is 9.42. The molecule has 0 saturated carbocycles. The van der Waals surface area contributed by atoms with E-state index in [1.54, 1.807) is 12.1 Å². The van der Waals surface area contributed by atoms with Crippen LogP contribution in [-0.2, 0) is 9.47 Å². The van der Waals surface area contributed by atoms with E-state index in [4.69, 9.17) is 14.2 Å². The number of benzene rings is 2. The number of hydrogen-bond acceptors (Lipinski definition) is 3. The van der Waals surface area contributed by atoms with Crippen molar-refractivity contribution in [2.45, 2.75) is 70.3 Å². The average molecular weight is 451 g/mol. The fourth-order valence-corrected chi connectivity index (χ4v) is 3.80. The van der Waals surface area contributed by atoms with E-state index < -0.39 is 12.6 Å². The third-order valence-corrected chi connectivity index (χ3v) is 5.69. The van der Waals surface area contributed by atoms with Crippen LogP contribution in [0.5, 0.6) is 5.75 Å². The molecule has 0 radical (unpaired) electrons. The Morgan fingerprint density at radius 2 is 1.53 bits per heavy atom. The van der Waals surface area contributed by atoms with E-state index in [0.717, 1.165) is 23.1 Å². The number of unbranched alkanes of at least 4 members (excludes halogenated alkanes) is 3. The summed E-state index contributed by atoms with van der Waals surface area (Å²) in [6, 6.07) is 15.6. The van der Waals surface area contributed by atoms with Crippen molar-refractivity contribution in [1.29, 1.82) is 0 Å². The molecule has 0 aliphatic carbocycles. The van der Waals surface area contributed by atoms with Gasteiger partial charge in [0.25, 0.3) is 0 Å². The van der Waals surface area contributed by atoms with E-state index in [1.165, 1.54) is 25.7 Å². The maximum atomic E-state index is 12.2. The first-order valence-electron chi connectivity index (χ1n) is 11.6. The summed E-state index contributed by atoms with van der Waals surface area (Å²) in [6.45, 7) is 3.49. The monoisotopic (exact) mass is 450 g/mol. The molecular formula is C26H33F3O3. The first-order valence-corrected chi connectivity index (χ1v) is 11.6. The molecule has 2 aromatic rings. The van der Waals surface area contributed by atoms with E-state index in [1.807, 2.05) is 12.1 Å². The van der Waals surface area contributed by atoms with E-state index >= 15 is 0 Å². The van der Waals surface area contributed by atoms with Crippen molar-refractivity contribution in [2.75, 3.05) is 19.8 Å². The predicted octanol–water partition coefficient (Wildman–Crippen LogP) is 7.50. The van der Waals surface area contributed by atoms with Gasteiger partial charge in [-0.2, -0.15) is 13.2 Å². The van der Waals surface area contributed by atoms with E-state index in [-0.39, 0.29) is 25.2 Å². The Labute approximate surface area is 188 Å². The molecule has 176 valence electrons. The van der Waals surface area contributed by atoms with Crippen LogP contribution >= 0.6 is 0 Å². The SMILES string of the molecule is CCCCCC[C@@H]1CO[C@@H](c2ccc(-c3ccc(OCCCC(F)(F)F)cc3)cc2)CO1. The van der Waals surface area contributed by atoms with Gasteiger partial charge in [0.1, 0.15) is 11.9 Å². The van der Waals surface area contributed by atoms with Gasteiger partial charge in [0.15, 0.2) is 0 Å². The zero-order chi connectivity index (χ0) is 22.8. The van der Waals surface area contributed by atoms with Gasteiger partial charge in [0, 0.05) is 6.42 Å². The first kappa shape index (κ1) is 24.6. The summed E-state index contributed by atoms with van der Waals surface area (Å²) in [6.07, 6.45) is 1.19. The van der Waals surface area contributed by atoms with Gasteiger partial charge in [0.05, 0.1) is 25.9 Å². The smallest absolute Gasteiger partial charge is 0.389 e. The molecule has 1 saturated heterocycles. The van der Waals surface area contributed by atoms with Crippen molar-refractivity contribution in [3.05, 3.63) is 54.1 Å². The molecule has 1 fully saturated rings. The van der Waals surface area contributed by atoms with Crippen LogP contribution in [0.4, 0.5) is 13.2 Å². The lowest BCUT2D eigenvalue weighted by molar-refractivity contribution is -0.137. The molecule has 0 aromatic heterocycles. The highest BCUT2D eigenvalue weighted by Gasteiger charge is 2.26. The fourth-order valence-electron chi connectivity index (χ4n) is 3.80. The summed E-state index contributed by atoms with van der Waals surface area (Å²) in [7, 11) is 0. The lowest BCUT2D eigenvalue weighted by atomic mass is 10.0. The van der Waals surface area contributed by atoms with Gasteiger partial charge >= 0.3 is 6.18 Å². The minimum atomic E-state index is -4.13. The number of hydrogen-bond donors (Lipinski definition) is 0. The summed E-state index contributed by atoms with van der Waals surface area (Å²) < 4.78 is 54.0. The molecule has 0 bridgehead atoms. The molecule has 0 spiro atoms. The molecule has 0 N–H and O–H groups in total. The second kappa shape index (κ2) is 12.3. The van der Waals surface area contributed by atoms with Crippen molar-refractivity contribution < 1.29 is 27.4 Å². The van der Waals surface area contributed by atoms with Crippen LogP contribution in [0.3, 0.4) is 0 Å². The van der Waals surface area contributed by atoms with Crippen LogP contribution in [0.25, 0.3) is 11.1 Å². The van der Waals surface area contributed by atoms with Gasteiger partial charge in [-0.05, 0) is 41.7 Å². The van der Waals surface area contributed by atoms with Crippen LogP contribution < -0.4 is 4.74 Å². The number of alkyl halides is 3. The number of halogens is 3. The highest BCUT2D eigenvalue weighted by Crippen LogP contribution is 2.28. The summed E-state index contributed by atoms with van der Waals surface area (Å²) in [4.78, 5) is 0. The normalized spacial score (nSPS) is 19.1.